The first-order chi connectivity index (χ1) is 12.0. The molecule has 0 spiro atoms. The van der Waals surface area contributed by atoms with Crippen LogP contribution in [0.5, 0.6) is 0 Å². The Morgan fingerprint density at radius 3 is 2.64 bits per heavy atom. The smallest absolute Gasteiger partial charge is 0.355 e. The summed E-state index contributed by atoms with van der Waals surface area (Å²) in [5.74, 6) is 1.75. The number of hydrogen-bond donors (Lipinski definition) is 0. The van der Waals surface area contributed by atoms with E-state index in [4.69, 9.17) is 0 Å². The highest BCUT2D eigenvalue weighted by atomic mass is 19.4. The number of rotatable bonds is 2. The molecule has 0 N–H and O–H groups in total. The van der Waals surface area contributed by atoms with Crippen molar-refractivity contribution in [1.29, 1.82) is 0 Å². The van der Waals surface area contributed by atoms with Crippen LogP contribution in [-0.4, -0.2) is 40.6 Å². The topological polar surface area (TPSA) is 45.2 Å². The molecule has 0 radical (unpaired) electrons. The Bertz CT molecular complexity index is 737. The summed E-state index contributed by atoms with van der Waals surface area (Å²) in [6, 6.07) is 4.31. The van der Waals surface area contributed by atoms with Gasteiger partial charge in [-0.05, 0) is 30.9 Å². The van der Waals surface area contributed by atoms with Crippen LogP contribution in [-0.2, 0) is 6.18 Å². The molecule has 0 amide bonds. The molecule has 2 aromatic heterocycles. The van der Waals surface area contributed by atoms with Gasteiger partial charge in [-0.25, -0.2) is 9.97 Å². The molecular weight excluding hydrogens is 331 g/mol. The average Bonchev–Trinajstić information content (AvgIpc) is 3.05. The number of piperidine rings is 1. The van der Waals surface area contributed by atoms with Crippen LogP contribution in [0, 0.1) is 5.92 Å². The van der Waals surface area contributed by atoms with E-state index in [1.807, 2.05) is 4.90 Å². The van der Waals surface area contributed by atoms with Crippen molar-refractivity contribution in [3.8, 4) is 0 Å². The average molecular weight is 349 g/mol. The molecule has 4 heterocycles. The van der Waals surface area contributed by atoms with E-state index >= 15 is 0 Å². The Hall–Kier alpha value is -2.38. The van der Waals surface area contributed by atoms with Crippen LogP contribution in [0.2, 0.25) is 0 Å². The predicted molar refractivity (Wildman–Crippen MR) is 87.3 cm³/mol. The number of nitrogens with zero attached hydrogens (tertiary/aromatic N) is 5. The van der Waals surface area contributed by atoms with Gasteiger partial charge in [0.25, 0.3) is 0 Å². The fourth-order valence-electron chi connectivity index (χ4n) is 3.83. The van der Waals surface area contributed by atoms with Gasteiger partial charge in [-0.3, -0.25) is 4.98 Å². The molecule has 2 unspecified atom stereocenters. The number of pyridine rings is 1. The zero-order valence-electron chi connectivity index (χ0n) is 13.5. The maximum atomic E-state index is 12.9. The molecule has 2 aromatic rings. The summed E-state index contributed by atoms with van der Waals surface area (Å²) in [6.45, 7) is 2.28. The molecule has 2 aliphatic rings. The molecular formula is C17H18F3N5. The fraction of sp³-hybridized carbons (Fsp3) is 0.471. The van der Waals surface area contributed by atoms with Crippen LogP contribution in [0.15, 0.2) is 36.8 Å². The fourth-order valence-corrected chi connectivity index (χ4v) is 3.83. The molecule has 0 aromatic carbocycles. The highest BCUT2D eigenvalue weighted by molar-refractivity contribution is 5.45. The van der Waals surface area contributed by atoms with E-state index in [-0.39, 0.29) is 6.04 Å². The highest BCUT2D eigenvalue weighted by Gasteiger charge is 2.40. The number of fused-ring (bicyclic) bond motifs is 1. The Labute approximate surface area is 143 Å². The van der Waals surface area contributed by atoms with Gasteiger partial charge in [0.05, 0.1) is 12.2 Å². The predicted octanol–water partition coefficient (Wildman–Crippen LogP) is 3.00. The normalized spacial score (nSPS) is 23.6. The molecule has 0 bridgehead atoms. The molecule has 5 nitrogen and oxygen atoms in total. The lowest BCUT2D eigenvalue weighted by Gasteiger charge is -2.39. The molecule has 25 heavy (non-hydrogen) atoms. The first-order valence-electron chi connectivity index (χ1n) is 8.34. The van der Waals surface area contributed by atoms with Gasteiger partial charge in [-0.15, -0.1) is 0 Å². The summed E-state index contributed by atoms with van der Waals surface area (Å²) >= 11 is 0. The van der Waals surface area contributed by atoms with Gasteiger partial charge in [-0.2, -0.15) is 13.2 Å². The summed E-state index contributed by atoms with van der Waals surface area (Å²) in [7, 11) is 0. The minimum Gasteiger partial charge on any atom is -0.355 e. The second kappa shape index (κ2) is 6.16. The van der Waals surface area contributed by atoms with Crippen molar-refractivity contribution in [1.82, 2.24) is 15.0 Å². The lowest BCUT2D eigenvalue weighted by Crippen LogP contribution is -2.49. The molecule has 132 valence electrons. The summed E-state index contributed by atoms with van der Waals surface area (Å²) in [5, 5.41) is 0. The molecule has 2 atom stereocenters. The quantitative estimate of drug-likeness (QED) is 0.834. The van der Waals surface area contributed by atoms with Crippen molar-refractivity contribution >= 4 is 11.6 Å². The number of alkyl halides is 3. The van der Waals surface area contributed by atoms with E-state index in [1.54, 1.807) is 24.7 Å². The summed E-state index contributed by atoms with van der Waals surface area (Å²) in [4.78, 5) is 16.5. The van der Waals surface area contributed by atoms with E-state index in [1.165, 1.54) is 6.07 Å². The standard InChI is InChI=1S/C17H18F3N5/c18-17(19,20)14-2-1-3-15(23-14)24-8-4-12-5-9-25(13(12)11-24)16-10-21-6-7-22-16/h1-3,6-7,10,12-13H,4-5,8-9,11H2. The van der Waals surface area contributed by atoms with E-state index < -0.39 is 11.9 Å². The van der Waals surface area contributed by atoms with E-state index in [9.17, 15) is 13.2 Å². The third-order valence-electron chi connectivity index (χ3n) is 5.06. The maximum Gasteiger partial charge on any atom is 0.433 e. The Kier molecular flexibility index (Phi) is 3.97. The van der Waals surface area contributed by atoms with Crippen LogP contribution >= 0.6 is 0 Å². The van der Waals surface area contributed by atoms with Gasteiger partial charge < -0.3 is 9.80 Å². The summed E-state index contributed by atoms with van der Waals surface area (Å²) < 4.78 is 38.8. The van der Waals surface area contributed by atoms with Gasteiger partial charge in [0.2, 0.25) is 0 Å². The van der Waals surface area contributed by atoms with Gasteiger partial charge in [-0.1, -0.05) is 6.07 Å². The van der Waals surface area contributed by atoms with Crippen molar-refractivity contribution in [2.45, 2.75) is 25.1 Å². The lowest BCUT2D eigenvalue weighted by atomic mass is 9.92. The van der Waals surface area contributed by atoms with Crippen LogP contribution in [0.3, 0.4) is 0 Å². The van der Waals surface area contributed by atoms with Crippen molar-refractivity contribution in [3.05, 3.63) is 42.5 Å². The number of anilines is 2. The minimum atomic E-state index is -4.42. The third kappa shape index (κ3) is 3.12. The van der Waals surface area contributed by atoms with Gasteiger partial charge in [0.1, 0.15) is 17.3 Å². The molecule has 2 aliphatic heterocycles. The van der Waals surface area contributed by atoms with E-state index in [2.05, 4.69) is 19.9 Å². The lowest BCUT2D eigenvalue weighted by molar-refractivity contribution is -0.141. The minimum absolute atomic E-state index is 0.224. The molecule has 2 saturated heterocycles. The monoisotopic (exact) mass is 349 g/mol. The van der Waals surface area contributed by atoms with Crippen LogP contribution in [0.4, 0.5) is 24.8 Å². The summed E-state index contributed by atoms with van der Waals surface area (Å²) in [6.07, 6.45) is 2.63. The van der Waals surface area contributed by atoms with Crippen molar-refractivity contribution in [2.24, 2.45) is 5.92 Å². The largest absolute Gasteiger partial charge is 0.433 e. The molecule has 4 rings (SSSR count). The van der Waals surface area contributed by atoms with E-state index in [0.717, 1.165) is 37.8 Å². The highest BCUT2D eigenvalue weighted by Crippen LogP contribution is 2.36. The van der Waals surface area contributed by atoms with Crippen molar-refractivity contribution in [2.75, 3.05) is 29.4 Å². The Morgan fingerprint density at radius 2 is 1.88 bits per heavy atom. The van der Waals surface area contributed by atoms with E-state index in [0.29, 0.717) is 18.3 Å². The first kappa shape index (κ1) is 16.1. The van der Waals surface area contributed by atoms with Crippen LogP contribution in [0.25, 0.3) is 0 Å². The molecule has 2 fully saturated rings. The number of halogens is 3. The van der Waals surface area contributed by atoms with Gasteiger partial charge in [0.15, 0.2) is 0 Å². The molecule has 8 heteroatoms. The number of hydrogen-bond acceptors (Lipinski definition) is 5. The van der Waals surface area contributed by atoms with Gasteiger partial charge >= 0.3 is 6.18 Å². The number of aromatic nitrogens is 3. The van der Waals surface area contributed by atoms with Gasteiger partial charge in [0, 0.05) is 32.0 Å². The molecule has 0 aliphatic carbocycles. The zero-order chi connectivity index (χ0) is 17.4. The zero-order valence-corrected chi connectivity index (χ0v) is 13.5. The second-order valence-electron chi connectivity index (χ2n) is 6.49. The van der Waals surface area contributed by atoms with Crippen LogP contribution < -0.4 is 9.80 Å². The second-order valence-corrected chi connectivity index (χ2v) is 6.49. The summed E-state index contributed by atoms with van der Waals surface area (Å²) in [5.41, 5.74) is -0.843. The first-order valence-corrected chi connectivity index (χ1v) is 8.34. The maximum absolute atomic E-state index is 12.9. The van der Waals surface area contributed by atoms with Crippen LogP contribution in [0.1, 0.15) is 18.5 Å². The van der Waals surface area contributed by atoms with Crippen molar-refractivity contribution < 1.29 is 13.2 Å². The Balaban J connectivity index is 1.56. The third-order valence-corrected chi connectivity index (χ3v) is 5.06. The SMILES string of the molecule is FC(F)(F)c1cccc(N2CCC3CCN(c4cnccn4)C3C2)n1. The molecule has 0 saturated carbocycles. The van der Waals surface area contributed by atoms with Crippen molar-refractivity contribution in [3.63, 3.8) is 0 Å². The Morgan fingerprint density at radius 1 is 1.04 bits per heavy atom.